The second-order valence-corrected chi connectivity index (χ2v) is 6.18. The van der Waals surface area contributed by atoms with Crippen LogP contribution in [0.25, 0.3) is 0 Å². The van der Waals surface area contributed by atoms with E-state index in [1.54, 1.807) is 11.8 Å². The van der Waals surface area contributed by atoms with Crippen molar-refractivity contribution in [2.45, 2.75) is 38.3 Å². The molecule has 0 spiro atoms. The predicted octanol–water partition coefficient (Wildman–Crippen LogP) is 1.80. The Morgan fingerprint density at radius 1 is 1.43 bits per heavy atom. The fourth-order valence-corrected chi connectivity index (χ4v) is 3.22. The summed E-state index contributed by atoms with van der Waals surface area (Å²) >= 11 is 0. The Bertz CT molecular complexity index is 472. The van der Waals surface area contributed by atoms with Crippen molar-refractivity contribution in [3.05, 3.63) is 35.9 Å². The number of hydrogen-bond donors (Lipinski definition) is 1. The van der Waals surface area contributed by atoms with Crippen LogP contribution in [-0.4, -0.2) is 48.4 Å². The van der Waals surface area contributed by atoms with Crippen LogP contribution in [-0.2, 0) is 10.3 Å². The molecule has 1 heterocycles. The zero-order chi connectivity index (χ0) is 15.5. The minimum atomic E-state index is -0.967. The van der Waals surface area contributed by atoms with Gasteiger partial charge in [-0.25, -0.2) is 0 Å². The predicted molar refractivity (Wildman–Crippen MR) is 85.9 cm³/mol. The van der Waals surface area contributed by atoms with Gasteiger partial charge in [-0.1, -0.05) is 37.3 Å². The smallest absolute Gasteiger partial charge is 0.246 e. The number of likely N-dealkylation sites (N-methyl/N-ethyl adjacent to an activating group) is 2. The van der Waals surface area contributed by atoms with Crippen LogP contribution >= 0.6 is 0 Å². The Morgan fingerprint density at radius 2 is 2.10 bits per heavy atom. The highest BCUT2D eigenvalue weighted by atomic mass is 16.2. The Labute approximate surface area is 127 Å². The maximum absolute atomic E-state index is 12.7. The van der Waals surface area contributed by atoms with Crippen molar-refractivity contribution in [3.63, 3.8) is 0 Å². The number of nitrogens with two attached hydrogens (primary N) is 1. The molecule has 2 rings (SSSR count). The molecule has 2 unspecified atom stereocenters. The first-order valence-corrected chi connectivity index (χ1v) is 7.80. The lowest BCUT2D eigenvalue weighted by Gasteiger charge is -2.33. The van der Waals surface area contributed by atoms with Crippen molar-refractivity contribution in [1.82, 2.24) is 9.80 Å². The molecule has 0 aliphatic carbocycles. The maximum atomic E-state index is 12.7. The van der Waals surface area contributed by atoms with Crippen LogP contribution in [0.3, 0.4) is 0 Å². The van der Waals surface area contributed by atoms with Crippen LogP contribution in [0.5, 0.6) is 0 Å². The van der Waals surface area contributed by atoms with E-state index in [0.717, 1.165) is 31.6 Å². The number of benzene rings is 1. The molecule has 4 nitrogen and oxygen atoms in total. The monoisotopic (exact) mass is 289 g/mol. The molecule has 1 aliphatic rings. The first-order valence-electron chi connectivity index (χ1n) is 7.80. The fourth-order valence-electron chi connectivity index (χ4n) is 3.22. The van der Waals surface area contributed by atoms with Gasteiger partial charge in [0.1, 0.15) is 5.54 Å². The van der Waals surface area contributed by atoms with Gasteiger partial charge in [-0.3, -0.25) is 9.69 Å². The molecular weight excluding hydrogens is 262 g/mol. The quantitative estimate of drug-likeness (QED) is 0.899. The average Bonchev–Trinajstić information content (AvgIpc) is 2.94. The first kappa shape index (κ1) is 16.0. The molecule has 1 saturated heterocycles. The van der Waals surface area contributed by atoms with Crippen LogP contribution in [0.1, 0.15) is 32.3 Å². The van der Waals surface area contributed by atoms with E-state index < -0.39 is 5.54 Å². The molecule has 1 aromatic rings. The van der Waals surface area contributed by atoms with Crippen LogP contribution in [0.15, 0.2) is 30.3 Å². The number of likely N-dealkylation sites (tertiary alicyclic amines) is 1. The topological polar surface area (TPSA) is 49.6 Å². The summed E-state index contributed by atoms with van der Waals surface area (Å²) in [5.41, 5.74) is 6.21. The molecule has 2 atom stereocenters. The Hall–Kier alpha value is -1.39. The van der Waals surface area contributed by atoms with Gasteiger partial charge in [0.2, 0.25) is 5.91 Å². The van der Waals surface area contributed by atoms with Crippen molar-refractivity contribution < 1.29 is 4.79 Å². The molecule has 0 aromatic heterocycles. The Kier molecular flexibility index (Phi) is 5.01. The average molecular weight is 289 g/mol. The summed E-state index contributed by atoms with van der Waals surface area (Å²) in [6, 6.07) is 10.1. The number of carbonyl (C=O) groups excluding carboxylic acids is 1. The normalized spacial score (nSPS) is 22.0. The van der Waals surface area contributed by atoms with E-state index in [-0.39, 0.29) is 5.91 Å². The van der Waals surface area contributed by atoms with Gasteiger partial charge < -0.3 is 10.6 Å². The third-order valence-electron chi connectivity index (χ3n) is 4.55. The summed E-state index contributed by atoms with van der Waals surface area (Å²) in [6.45, 7) is 6.92. The molecular formula is C17H27N3O. The minimum Gasteiger partial charge on any atom is -0.342 e. The van der Waals surface area contributed by atoms with Gasteiger partial charge in [0.25, 0.3) is 0 Å². The van der Waals surface area contributed by atoms with Gasteiger partial charge in [-0.15, -0.1) is 0 Å². The minimum absolute atomic E-state index is 0.0170. The molecule has 21 heavy (non-hydrogen) atoms. The fraction of sp³-hybridized carbons (Fsp3) is 0.588. The first-order chi connectivity index (χ1) is 9.96. The van der Waals surface area contributed by atoms with E-state index in [9.17, 15) is 4.79 Å². The standard InChI is InChI=1S/C17H27N3O/c1-4-20-12-8-11-15(20)13-19(3)16(21)17(2,18)14-9-6-5-7-10-14/h5-7,9-10,15H,4,8,11-13,18H2,1-3H3. The highest BCUT2D eigenvalue weighted by molar-refractivity contribution is 5.86. The summed E-state index contributed by atoms with van der Waals surface area (Å²) in [6.07, 6.45) is 2.39. The van der Waals surface area contributed by atoms with E-state index in [2.05, 4.69) is 11.8 Å². The highest BCUT2D eigenvalue weighted by Crippen LogP contribution is 2.22. The van der Waals surface area contributed by atoms with Crippen LogP contribution in [0.4, 0.5) is 0 Å². The second-order valence-electron chi connectivity index (χ2n) is 6.18. The zero-order valence-corrected chi connectivity index (χ0v) is 13.4. The van der Waals surface area contributed by atoms with Gasteiger partial charge in [0.05, 0.1) is 0 Å². The zero-order valence-electron chi connectivity index (χ0n) is 13.4. The SMILES string of the molecule is CCN1CCCC1CN(C)C(=O)C(C)(N)c1ccccc1. The largest absolute Gasteiger partial charge is 0.342 e. The molecule has 4 heteroatoms. The molecule has 2 N–H and O–H groups in total. The van der Waals surface area contributed by atoms with E-state index >= 15 is 0 Å². The summed E-state index contributed by atoms with van der Waals surface area (Å²) in [7, 11) is 1.86. The van der Waals surface area contributed by atoms with Crippen LogP contribution in [0.2, 0.25) is 0 Å². The molecule has 0 saturated carbocycles. The van der Waals surface area contributed by atoms with Crippen molar-refractivity contribution in [2.24, 2.45) is 5.73 Å². The van der Waals surface area contributed by atoms with E-state index in [0.29, 0.717) is 6.04 Å². The molecule has 116 valence electrons. The van der Waals surface area contributed by atoms with Crippen LogP contribution in [0, 0.1) is 0 Å². The van der Waals surface area contributed by atoms with Crippen molar-refractivity contribution in [1.29, 1.82) is 0 Å². The summed E-state index contributed by atoms with van der Waals surface area (Å²) in [5.74, 6) is -0.0170. The second kappa shape index (κ2) is 6.58. The molecule has 1 amide bonds. The van der Waals surface area contributed by atoms with Gasteiger partial charge in [-0.2, -0.15) is 0 Å². The molecule has 0 radical (unpaired) electrons. The third-order valence-corrected chi connectivity index (χ3v) is 4.55. The highest BCUT2D eigenvalue weighted by Gasteiger charge is 2.35. The number of hydrogen-bond acceptors (Lipinski definition) is 3. The molecule has 1 fully saturated rings. The number of carbonyl (C=O) groups is 1. The van der Waals surface area contributed by atoms with Gasteiger partial charge >= 0.3 is 0 Å². The Balaban J connectivity index is 2.05. The van der Waals surface area contributed by atoms with Gasteiger partial charge in [-0.05, 0) is 38.4 Å². The van der Waals surface area contributed by atoms with Crippen molar-refractivity contribution >= 4 is 5.91 Å². The molecule has 1 aliphatic heterocycles. The van der Waals surface area contributed by atoms with Crippen molar-refractivity contribution in [3.8, 4) is 0 Å². The van der Waals surface area contributed by atoms with E-state index in [1.807, 2.05) is 37.4 Å². The van der Waals surface area contributed by atoms with Crippen molar-refractivity contribution in [2.75, 3.05) is 26.7 Å². The lowest BCUT2D eigenvalue weighted by atomic mass is 9.91. The summed E-state index contributed by atoms with van der Waals surface area (Å²) in [4.78, 5) is 17.0. The van der Waals surface area contributed by atoms with Gasteiger partial charge in [0.15, 0.2) is 0 Å². The van der Waals surface area contributed by atoms with Crippen LogP contribution < -0.4 is 5.73 Å². The van der Waals surface area contributed by atoms with E-state index in [1.165, 1.54) is 6.42 Å². The van der Waals surface area contributed by atoms with E-state index in [4.69, 9.17) is 5.73 Å². The Morgan fingerprint density at radius 3 is 2.71 bits per heavy atom. The number of nitrogens with zero attached hydrogens (tertiary/aromatic N) is 2. The third kappa shape index (κ3) is 3.44. The maximum Gasteiger partial charge on any atom is 0.246 e. The number of amides is 1. The van der Waals surface area contributed by atoms with Gasteiger partial charge in [0, 0.05) is 19.6 Å². The summed E-state index contributed by atoms with van der Waals surface area (Å²) in [5, 5.41) is 0. The molecule has 1 aromatic carbocycles. The number of rotatable bonds is 5. The lowest BCUT2D eigenvalue weighted by Crippen LogP contribution is -2.52. The molecule has 0 bridgehead atoms. The summed E-state index contributed by atoms with van der Waals surface area (Å²) < 4.78 is 0. The lowest BCUT2D eigenvalue weighted by molar-refractivity contribution is -0.136.